The van der Waals surface area contributed by atoms with Gasteiger partial charge in [0.25, 0.3) is 0 Å². The zero-order valence-corrected chi connectivity index (χ0v) is 23.7. The Morgan fingerprint density at radius 2 is 1.79 bits per heavy atom. The van der Waals surface area contributed by atoms with Crippen LogP contribution in [-0.4, -0.2) is 53.4 Å². The number of nitrogens with two attached hydrogens (primary N) is 1. The quantitative estimate of drug-likeness (QED) is 0.374. The van der Waals surface area contributed by atoms with E-state index >= 15 is 0 Å². The highest BCUT2D eigenvalue weighted by Gasteiger charge is 2.29. The molecule has 0 spiro atoms. The van der Waals surface area contributed by atoms with E-state index in [1.807, 2.05) is 0 Å². The van der Waals surface area contributed by atoms with Crippen LogP contribution in [0.4, 0.5) is 5.13 Å². The highest BCUT2D eigenvalue weighted by molar-refractivity contribution is 7.89. The molecule has 0 aliphatic heterocycles. The summed E-state index contributed by atoms with van der Waals surface area (Å²) in [5.74, 6) is 1.24. The molecule has 1 saturated carbocycles. The lowest BCUT2D eigenvalue weighted by molar-refractivity contribution is 0.158. The summed E-state index contributed by atoms with van der Waals surface area (Å²) in [6, 6.07) is 9.12. The molecular formula is C28H38N6O2S2. The minimum absolute atomic E-state index is 0.00585. The molecule has 5 rings (SSSR count). The van der Waals surface area contributed by atoms with Crippen LogP contribution in [-0.2, 0) is 22.9 Å². The first-order chi connectivity index (χ1) is 18.4. The Labute approximate surface area is 230 Å². The largest absolute Gasteiger partial charge is 0.375 e. The van der Waals surface area contributed by atoms with Crippen LogP contribution >= 0.6 is 11.3 Å². The zero-order chi connectivity index (χ0) is 26.5. The fourth-order valence-electron chi connectivity index (χ4n) is 5.89. The summed E-state index contributed by atoms with van der Waals surface area (Å²) in [5, 5.41) is 0.698. The van der Waals surface area contributed by atoms with Crippen molar-refractivity contribution < 1.29 is 8.42 Å². The number of nitrogens with one attached hydrogen (secondary N) is 1. The lowest BCUT2D eigenvalue weighted by atomic mass is 9.84. The summed E-state index contributed by atoms with van der Waals surface area (Å²) in [7, 11) is -3.56. The summed E-state index contributed by atoms with van der Waals surface area (Å²) in [4.78, 5) is 17.3. The third kappa shape index (κ3) is 6.59. The van der Waals surface area contributed by atoms with E-state index in [4.69, 9.17) is 5.73 Å². The van der Waals surface area contributed by atoms with Crippen molar-refractivity contribution in [3.63, 3.8) is 0 Å². The van der Waals surface area contributed by atoms with Gasteiger partial charge in [0.2, 0.25) is 10.0 Å². The van der Waals surface area contributed by atoms with Gasteiger partial charge in [-0.1, -0.05) is 6.92 Å². The molecule has 2 aliphatic rings. The van der Waals surface area contributed by atoms with E-state index in [-0.39, 0.29) is 10.9 Å². The fraction of sp³-hybridized carbons (Fsp3) is 0.536. The van der Waals surface area contributed by atoms with Crippen LogP contribution in [0.2, 0.25) is 0 Å². The lowest BCUT2D eigenvalue weighted by Gasteiger charge is -2.36. The Kier molecular flexibility index (Phi) is 8.72. The van der Waals surface area contributed by atoms with Crippen LogP contribution in [0, 0.1) is 5.92 Å². The maximum atomic E-state index is 13.0. The molecule has 1 aromatic carbocycles. The van der Waals surface area contributed by atoms with Crippen LogP contribution < -0.4 is 10.5 Å². The van der Waals surface area contributed by atoms with Gasteiger partial charge in [-0.25, -0.2) is 28.1 Å². The van der Waals surface area contributed by atoms with Crippen molar-refractivity contribution in [2.75, 3.05) is 18.8 Å². The Bertz CT molecular complexity index is 1290. The molecule has 2 aliphatic carbocycles. The highest BCUT2D eigenvalue weighted by Crippen LogP contribution is 2.32. The van der Waals surface area contributed by atoms with E-state index in [0.29, 0.717) is 22.9 Å². The van der Waals surface area contributed by atoms with Crippen molar-refractivity contribution in [2.45, 2.75) is 81.7 Å². The molecule has 3 N–H and O–H groups in total. The molecule has 204 valence electrons. The van der Waals surface area contributed by atoms with Gasteiger partial charge in [-0.3, -0.25) is 0 Å². The summed E-state index contributed by atoms with van der Waals surface area (Å²) >= 11 is 1.66. The molecule has 0 unspecified atom stereocenters. The number of fused-ring (bicyclic) bond motifs is 1. The van der Waals surface area contributed by atoms with Gasteiger partial charge in [-0.2, -0.15) is 0 Å². The SMILES string of the molecule is CCCN(CCC1CCC(NS(=O)(=O)c2ccc(-c3ncccn3)cc2)CC1)[C@H]1CCc2nc(N)sc2C1. The van der Waals surface area contributed by atoms with Crippen LogP contribution in [0.5, 0.6) is 0 Å². The molecular weight excluding hydrogens is 516 g/mol. The van der Waals surface area contributed by atoms with Gasteiger partial charge in [0.1, 0.15) is 0 Å². The van der Waals surface area contributed by atoms with Crippen molar-refractivity contribution >= 4 is 26.5 Å². The maximum Gasteiger partial charge on any atom is 0.240 e. The van der Waals surface area contributed by atoms with Crippen LogP contribution in [0.15, 0.2) is 47.6 Å². The molecule has 1 fully saturated rings. The number of thiazole rings is 1. The smallest absolute Gasteiger partial charge is 0.240 e. The fourth-order valence-corrected chi connectivity index (χ4v) is 8.14. The van der Waals surface area contributed by atoms with Gasteiger partial charge in [-0.05, 0) is 107 Å². The summed E-state index contributed by atoms with van der Waals surface area (Å²) in [5.41, 5.74) is 7.96. The number of nitrogens with zero attached hydrogens (tertiary/aromatic N) is 4. The zero-order valence-electron chi connectivity index (χ0n) is 22.1. The first kappa shape index (κ1) is 27.2. The molecule has 0 radical (unpaired) electrons. The Morgan fingerprint density at radius 3 is 2.50 bits per heavy atom. The van der Waals surface area contributed by atoms with Crippen molar-refractivity contribution in [3.05, 3.63) is 53.3 Å². The number of sulfonamides is 1. The second-order valence-corrected chi connectivity index (χ2v) is 13.4. The monoisotopic (exact) mass is 554 g/mol. The predicted molar refractivity (Wildman–Crippen MR) is 152 cm³/mol. The van der Waals surface area contributed by atoms with E-state index in [1.165, 1.54) is 17.0 Å². The second kappa shape index (κ2) is 12.2. The lowest BCUT2D eigenvalue weighted by Crippen LogP contribution is -2.41. The molecule has 0 saturated heterocycles. The standard InChI is InChI=1S/C28H38N6O2S2/c1-2-17-34(23-10-13-25-26(19-23)37-28(29)32-25)18-14-20-4-8-22(9-5-20)33-38(35,36)24-11-6-21(7-12-24)27-30-15-3-16-31-27/h3,6-7,11-12,15-16,20,22-23,33H,2,4-5,8-10,13-14,17-19H2,1H3,(H2,29,32)/t20?,22?,23-/m0/s1. The molecule has 2 heterocycles. The van der Waals surface area contributed by atoms with E-state index in [9.17, 15) is 8.42 Å². The molecule has 8 nitrogen and oxygen atoms in total. The summed E-state index contributed by atoms with van der Waals surface area (Å²) in [6.07, 6.45) is 12.9. The van der Waals surface area contributed by atoms with Crippen molar-refractivity contribution in [3.8, 4) is 11.4 Å². The molecule has 1 atom stereocenters. The van der Waals surface area contributed by atoms with E-state index < -0.39 is 10.0 Å². The predicted octanol–water partition coefficient (Wildman–Crippen LogP) is 4.68. The number of hydrogen-bond acceptors (Lipinski definition) is 8. The minimum Gasteiger partial charge on any atom is -0.375 e. The number of rotatable bonds is 10. The summed E-state index contributed by atoms with van der Waals surface area (Å²) in [6.45, 7) is 4.49. The topological polar surface area (TPSA) is 114 Å². The van der Waals surface area contributed by atoms with Crippen molar-refractivity contribution in [1.29, 1.82) is 0 Å². The van der Waals surface area contributed by atoms with Gasteiger partial charge < -0.3 is 10.6 Å². The van der Waals surface area contributed by atoms with Crippen LogP contribution in [0.3, 0.4) is 0 Å². The Morgan fingerprint density at radius 1 is 1.05 bits per heavy atom. The van der Waals surface area contributed by atoms with Gasteiger partial charge in [0, 0.05) is 34.9 Å². The van der Waals surface area contributed by atoms with Gasteiger partial charge in [-0.15, -0.1) is 11.3 Å². The van der Waals surface area contributed by atoms with Crippen LogP contribution in [0.1, 0.15) is 62.4 Å². The third-order valence-corrected chi connectivity index (χ3v) is 10.4. The molecule has 2 aromatic heterocycles. The minimum atomic E-state index is -3.56. The average Bonchev–Trinajstić information content (AvgIpc) is 3.31. The van der Waals surface area contributed by atoms with Crippen molar-refractivity contribution in [1.82, 2.24) is 24.6 Å². The molecule has 10 heteroatoms. The van der Waals surface area contributed by atoms with Gasteiger partial charge >= 0.3 is 0 Å². The number of aryl methyl sites for hydroxylation is 1. The van der Waals surface area contributed by atoms with Gasteiger partial charge in [0.15, 0.2) is 11.0 Å². The van der Waals surface area contributed by atoms with Gasteiger partial charge in [0.05, 0.1) is 10.6 Å². The Balaban J connectivity index is 1.10. The number of nitrogen functional groups attached to an aromatic ring is 1. The van der Waals surface area contributed by atoms with E-state index in [0.717, 1.165) is 70.0 Å². The number of benzene rings is 1. The van der Waals surface area contributed by atoms with Crippen LogP contribution in [0.25, 0.3) is 11.4 Å². The number of aromatic nitrogens is 3. The Hall–Kier alpha value is -2.40. The average molecular weight is 555 g/mol. The number of anilines is 1. The summed E-state index contributed by atoms with van der Waals surface area (Å²) < 4.78 is 29.0. The van der Waals surface area contributed by atoms with E-state index in [1.54, 1.807) is 54.1 Å². The first-order valence-electron chi connectivity index (χ1n) is 13.8. The van der Waals surface area contributed by atoms with Crippen molar-refractivity contribution in [2.24, 2.45) is 5.92 Å². The molecule has 3 aromatic rings. The molecule has 0 amide bonds. The molecule has 38 heavy (non-hydrogen) atoms. The highest BCUT2D eigenvalue weighted by atomic mass is 32.2. The number of hydrogen-bond donors (Lipinski definition) is 2. The molecule has 0 bridgehead atoms. The second-order valence-electron chi connectivity index (χ2n) is 10.6. The maximum absolute atomic E-state index is 13.0. The first-order valence-corrected chi connectivity index (χ1v) is 16.1. The van der Waals surface area contributed by atoms with E-state index in [2.05, 4.69) is 31.5 Å². The third-order valence-electron chi connectivity index (χ3n) is 7.94. The normalized spacial score (nSPS) is 21.9.